The predicted octanol–water partition coefficient (Wildman–Crippen LogP) is 2.85. The van der Waals surface area contributed by atoms with Crippen LogP contribution in [0.1, 0.15) is 18.4 Å². The monoisotopic (exact) mass is 243 g/mol. The largest absolute Gasteiger partial charge is 0.317 e. The molecule has 0 aliphatic carbocycles. The normalized spacial score (nSPS) is 19.2. The lowest BCUT2D eigenvalue weighted by Gasteiger charge is -2.25. The van der Waals surface area contributed by atoms with E-state index in [2.05, 4.69) is 5.32 Å². The van der Waals surface area contributed by atoms with Crippen molar-refractivity contribution in [2.45, 2.75) is 25.4 Å². The van der Waals surface area contributed by atoms with Gasteiger partial charge in [-0.15, -0.1) is 0 Å². The van der Waals surface area contributed by atoms with Crippen molar-refractivity contribution < 1.29 is 13.2 Å². The van der Waals surface area contributed by atoms with Crippen LogP contribution in [0.4, 0.5) is 13.2 Å². The summed E-state index contributed by atoms with van der Waals surface area (Å²) in [6.45, 7) is 1.64. The Hall–Kier alpha value is -1.03. The Morgan fingerprint density at radius 3 is 2.29 bits per heavy atom. The van der Waals surface area contributed by atoms with E-state index in [4.69, 9.17) is 0 Å². The highest BCUT2D eigenvalue weighted by atomic mass is 19.1. The molecule has 94 valence electrons. The van der Waals surface area contributed by atoms with Crippen LogP contribution in [0.5, 0.6) is 0 Å². The van der Waals surface area contributed by atoms with Crippen molar-refractivity contribution in [2.75, 3.05) is 13.1 Å². The second-order valence-corrected chi connectivity index (χ2v) is 4.59. The summed E-state index contributed by atoms with van der Waals surface area (Å²) >= 11 is 0. The molecule has 17 heavy (non-hydrogen) atoms. The first-order chi connectivity index (χ1) is 8.15. The predicted molar refractivity (Wildman–Crippen MR) is 60.6 cm³/mol. The molecule has 0 saturated carbocycles. The number of halogens is 3. The van der Waals surface area contributed by atoms with Crippen LogP contribution in [0.3, 0.4) is 0 Å². The van der Waals surface area contributed by atoms with E-state index in [0.29, 0.717) is 5.56 Å². The molecule has 1 N–H and O–H groups in total. The van der Waals surface area contributed by atoms with Crippen LogP contribution in [-0.2, 0) is 6.42 Å². The van der Waals surface area contributed by atoms with Crippen molar-refractivity contribution in [1.82, 2.24) is 5.32 Å². The Kier molecular flexibility index (Phi) is 4.05. The topological polar surface area (TPSA) is 12.0 Å². The third-order valence-electron chi connectivity index (χ3n) is 3.25. The summed E-state index contributed by atoms with van der Waals surface area (Å²) in [6.07, 6.45) is 0.662. The van der Waals surface area contributed by atoms with Gasteiger partial charge in [0.15, 0.2) is 0 Å². The van der Waals surface area contributed by atoms with Crippen molar-refractivity contribution in [3.8, 4) is 0 Å². The van der Waals surface area contributed by atoms with Gasteiger partial charge in [0.25, 0.3) is 0 Å². The molecule has 0 spiro atoms. The molecule has 2 rings (SSSR count). The van der Waals surface area contributed by atoms with Gasteiger partial charge < -0.3 is 5.32 Å². The van der Waals surface area contributed by atoms with Crippen molar-refractivity contribution in [1.29, 1.82) is 0 Å². The van der Waals surface area contributed by atoms with Gasteiger partial charge >= 0.3 is 0 Å². The third kappa shape index (κ3) is 3.46. The molecule has 0 aromatic heterocycles. The number of hydrogen-bond acceptors (Lipinski definition) is 1. The van der Waals surface area contributed by atoms with Crippen molar-refractivity contribution in [3.05, 3.63) is 35.4 Å². The Balaban J connectivity index is 1.99. The summed E-state index contributed by atoms with van der Waals surface area (Å²) in [5.41, 5.74) is 0.397. The summed E-state index contributed by atoms with van der Waals surface area (Å²) in [6, 6.07) is 3.22. The van der Waals surface area contributed by atoms with Gasteiger partial charge in [-0.3, -0.25) is 0 Å². The molecule has 1 aliphatic rings. The van der Waals surface area contributed by atoms with E-state index in [1.54, 1.807) is 0 Å². The molecular formula is C13H16F3N. The van der Waals surface area contributed by atoms with E-state index in [9.17, 15) is 13.2 Å². The molecule has 1 saturated heterocycles. The molecule has 0 bridgehead atoms. The van der Waals surface area contributed by atoms with E-state index in [1.807, 2.05) is 0 Å². The van der Waals surface area contributed by atoms with E-state index in [0.717, 1.165) is 32.0 Å². The molecular weight excluding hydrogens is 227 g/mol. The maximum Gasteiger partial charge on any atom is 0.126 e. The summed E-state index contributed by atoms with van der Waals surface area (Å²) in [4.78, 5) is 0. The van der Waals surface area contributed by atoms with Crippen LogP contribution < -0.4 is 5.32 Å². The fourth-order valence-corrected chi connectivity index (χ4v) is 2.33. The first-order valence-electron chi connectivity index (χ1n) is 5.95. The zero-order chi connectivity index (χ0) is 12.3. The lowest BCUT2D eigenvalue weighted by Crippen LogP contribution is -2.33. The summed E-state index contributed by atoms with van der Waals surface area (Å²) < 4.78 is 39.9. The van der Waals surface area contributed by atoms with Crippen molar-refractivity contribution >= 4 is 0 Å². The van der Waals surface area contributed by atoms with Gasteiger partial charge in [0.1, 0.15) is 17.8 Å². The molecule has 4 heteroatoms. The molecule has 1 heterocycles. The quantitative estimate of drug-likeness (QED) is 0.860. The molecule has 1 aromatic carbocycles. The Morgan fingerprint density at radius 2 is 1.71 bits per heavy atom. The number of piperidine rings is 1. The average molecular weight is 243 g/mol. The van der Waals surface area contributed by atoms with E-state index in [1.165, 1.54) is 12.1 Å². The molecule has 1 nitrogen and oxygen atoms in total. The first-order valence-corrected chi connectivity index (χ1v) is 5.95. The van der Waals surface area contributed by atoms with Crippen molar-refractivity contribution in [2.24, 2.45) is 5.92 Å². The maximum absolute atomic E-state index is 14.0. The fraction of sp³-hybridized carbons (Fsp3) is 0.538. The Bertz CT molecular complexity index is 355. The minimum absolute atomic E-state index is 0.00239. The van der Waals surface area contributed by atoms with Gasteiger partial charge in [0, 0.05) is 12.5 Å². The highest BCUT2D eigenvalue weighted by molar-refractivity contribution is 5.18. The zero-order valence-corrected chi connectivity index (χ0v) is 9.56. The maximum atomic E-state index is 14.0. The second-order valence-electron chi connectivity index (χ2n) is 4.59. The average Bonchev–Trinajstić information content (AvgIpc) is 2.28. The van der Waals surface area contributed by atoms with Gasteiger partial charge in [-0.05, 0) is 49.5 Å². The van der Waals surface area contributed by atoms with Crippen LogP contribution in [0, 0.1) is 17.6 Å². The summed E-state index contributed by atoms with van der Waals surface area (Å²) in [7, 11) is 0. The highest BCUT2D eigenvalue weighted by Crippen LogP contribution is 2.23. The molecule has 1 atom stereocenters. The fourth-order valence-electron chi connectivity index (χ4n) is 2.33. The molecule has 1 aliphatic heterocycles. The lowest BCUT2D eigenvalue weighted by molar-refractivity contribution is 0.187. The minimum Gasteiger partial charge on any atom is -0.317 e. The van der Waals surface area contributed by atoms with Gasteiger partial charge in [0.2, 0.25) is 0 Å². The number of rotatable bonds is 3. The number of nitrogens with one attached hydrogen (secondary N) is 1. The Labute approximate surface area is 99.0 Å². The molecule has 0 radical (unpaired) electrons. The minimum atomic E-state index is -1.02. The van der Waals surface area contributed by atoms with Crippen LogP contribution in [-0.4, -0.2) is 19.3 Å². The van der Waals surface area contributed by atoms with Crippen LogP contribution >= 0.6 is 0 Å². The Morgan fingerprint density at radius 1 is 1.12 bits per heavy atom. The van der Waals surface area contributed by atoms with E-state index < -0.39 is 17.8 Å². The lowest BCUT2D eigenvalue weighted by atomic mass is 9.89. The second kappa shape index (κ2) is 5.54. The van der Waals surface area contributed by atoms with E-state index >= 15 is 0 Å². The zero-order valence-electron chi connectivity index (χ0n) is 9.56. The standard InChI is InChI=1S/C13H16F3N/c14-11-5-9(6-12(15)8-11)7-13(16)10-1-3-17-4-2-10/h5-6,8,10,13,17H,1-4,7H2. The summed E-state index contributed by atoms with van der Waals surface area (Å²) in [5.74, 6) is -1.28. The summed E-state index contributed by atoms with van der Waals surface area (Å²) in [5, 5.41) is 3.17. The van der Waals surface area contributed by atoms with E-state index in [-0.39, 0.29) is 12.3 Å². The van der Waals surface area contributed by atoms with Crippen LogP contribution in [0.15, 0.2) is 18.2 Å². The smallest absolute Gasteiger partial charge is 0.126 e. The highest BCUT2D eigenvalue weighted by Gasteiger charge is 2.23. The molecule has 1 unspecified atom stereocenters. The SMILES string of the molecule is Fc1cc(F)cc(CC(F)C2CCNCC2)c1. The molecule has 0 amide bonds. The molecule has 1 fully saturated rings. The van der Waals surface area contributed by atoms with Crippen LogP contribution in [0.25, 0.3) is 0 Å². The third-order valence-corrected chi connectivity index (χ3v) is 3.25. The molecule has 1 aromatic rings. The number of benzene rings is 1. The van der Waals surface area contributed by atoms with Gasteiger partial charge in [-0.1, -0.05) is 0 Å². The van der Waals surface area contributed by atoms with Gasteiger partial charge in [0.05, 0.1) is 0 Å². The number of alkyl halides is 1. The van der Waals surface area contributed by atoms with Crippen molar-refractivity contribution in [3.63, 3.8) is 0 Å². The van der Waals surface area contributed by atoms with Gasteiger partial charge in [-0.25, -0.2) is 13.2 Å². The first kappa shape index (κ1) is 12.4. The number of hydrogen-bond donors (Lipinski definition) is 1. The van der Waals surface area contributed by atoms with Crippen LogP contribution in [0.2, 0.25) is 0 Å². The van der Waals surface area contributed by atoms with Gasteiger partial charge in [-0.2, -0.15) is 0 Å².